The van der Waals surface area contributed by atoms with Gasteiger partial charge in [0.15, 0.2) is 0 Å². The highest BCUT2D eigenvalue weighted by Gasteiger charge is 2.21. The highest BCUT2D eigenvalue weighted by Crippen LogP contribution is 2.15. The number of aliphatic imine (C=N–C) groups is 1. The first-order valence-electron chi connectivity index (χ1n) is 6.27. The van der Waals surface area contributed by atoms with Crippen molar-refractivity contribution in [2.75, 3.05) is 26.8 Å². The van der Waals surface area contributed by atoms with Gasteiger partial charge in [0.2, 0.25) is 0 Å². The molecule has 0 aliphatic carbocycles. The maximum Gasteiger partial charge on any atom is 0.129 e. The van der Waals surface area contributed by atoms with Crippen molar-refractivity contribution in [3.05, 3.63) is 0 Å². The molecule has 0 radical (unpaired) electrons. The molecule has 3 nitrogen and oxygen atoms in total. The zero-order valence-corrected chi connectivity index (χ0v) is 12.5. The number of hydrogen-bond donors (Lipinski definition) is 0. The molecule has 0 bridgehead atoms. The number of likely N-dealkylation sites (tertiary alicyclic amines) is 1. The number of methoxy groups -OCH3 is 1. The molecule has 1 aliphatic heterocycles. The first kappa shape index (κ1) is 14.3. The second-order valence-electron chi connectivity index (χ2n) is 5.50. The summed E-state index contributed by atoms with van der Waals surface area (Å²) in [5.41, 5.74) is 3.32. The van der Waals surface area contributed by atoms with Gasteiger partial charge in [-0.1, -0.05) is 25.6 Å². The molecular weight excluding hydrogens is 228 g/mol. The van der Waals surface area contributed by atoms with E-state index < -0.39 is 8.07 Å². The average molecular weight is 252 g/mol. The number of ether oxygens (including phenoxy) is 1. The third kappa shape index (κ3) is 5.90. The maximum absolute atomic E-state index is 5.20. The minimum Gasteiger partial charge on any atom is -0.383 e. The van der Waals surface area contributed by atoms with E-state index in [1.807, 2.05) is 6.34 Å². The molecule has 17 heavy (non-hydrogen) atoms. The summed E-state index contributed by atoms with van der Waals surface area (Å²) in [6.45, 7) is 9.27. The first-order chi connectivity index (χ1) is 8.03. The number of nitrogens with zero attached hydrogens (tertiary/aromatic N) is 2. The Morgan fingerprint density at radius 2 is 2.24 bits per heavy atom. The van der Waals surface area contributed by atoms with Crippen LogP contribution in [0.3, 0.4) is 0 Å². The van der Waals surface area contributed by atoms with E-state index >= 15 is 0 Å². The molecule has 0 amide bonds. The Kier molecular flexibility index (Phi) is 5.73. The van der Waals surface area contributed by atoms with Gasteiger partial charge in [0.05, 0.1) is 19.0 Å². The zero-order chi connectivity index (χ0) is 12.7. The average Bonchev–Trinajstić information content (AvgIpc) is 2.64. The fraction of sp³-hybridized carbons (Fsp3) is 0.769. The summed E-state index contributed by atoms with van der Waals surface area (Å²) >= 11 is 0. The molecule has 0 aromatic carbocycles. The molecule has 1 saturated heterocycles. The van der Waals surface area contributed by atoms with Crippen molar-refractivity contribution in [2.45, 2.75) is 38.5 Å². The second-order valence-corrected chi connectivity index (χ2v) is 10.2. The number of rotatable bonds is 4. The summed E-state index contributed by atoms with van der Waals surface area (Å²) < 4.78 is 5.20. The van der Waals surface area contributed by atoms with Gasteiger partial charge in [-0.2, -0.15) is 0 Å². The highest BCUT2D eigenvalue weighted by atomic mass is 28.3. The van der Waals surface area contributed by atoms with E-state index in [1.54, 1.807) is 7.11 Å². The van der Waals surface area contributed by atoms with E-state index in [9.17, 15) is 0 Å². The van der Waals surface area contributed by atoms with Crippen molar-refractivity contribution in [2.24, 2.45) is 4.99 Å². The Bertz CT molecular complexity index is 312. The lowest BCUT2D eigenvalue weighted by atomic mass is 10.2. The molecule has 0 aromatic heterocycles. The predicted octanol–water partition coefficient (Wildman–Crippen LogP) is 2.01. The summed E-state index contributed by atoms with van der Waals surface area (Å²) in [4.78, 5) is 6.66. The molecule has 0 N–H and O–H groups in total. The van der Waals surface area contributed by atoms with Crippen molar-refractivity contribution >= 4 is 14.4 Å². The molecular formula is C13H24N2OSi. The quantitative estimate of drug-likeness (QED) is 0.331. The smallest absolute Gasteiger partial charge is 0.129 e. The Morgan fingerprint density at radius 3 is 2.88 bits per heavy atom. The van der Waals surface area contributed by atoms with Gasteiger partial charge in [0, 0.05) is 13.7 Å². The largest absolute Gasteiger partial charge is 0.383 e. The van der Waals surface area contributed by atoms with Crippen molar-refractivity contribution < 1.29 is 4.74 Å². The maximum atomic E-state index is 5.20. The molecule has 1 aliphatic rings. The second kappa shape index (κ2) is 6.82. The molecule has 0 spiro atoms. The van der Waals surface area contributed by atoms with Gasteiger partial charge in [0.1, 0.15) is 14.6 Å². The first-order valence-corrected chi connectivity index (χ1v) is 9.77. The molecule has 0 saturated carbocycles. The lowest BCUT2D eigenvalue weighted by Gasteiger charge is -2.20. The van der Waals surface area contributed by atoms with E-state index in [-0.39, 0.29) is 0 Å². The summed E-state index contributed by atoms with van der Waals surface area (Å²) in [5.74, 6) is 3.15. The van der Waals surface area contributed by atoms with Crippen LogP contribution >= 0.6 is 0 Å². The predicted molar refractivity (Wildman–Crippen MR) is 76.1 cm³/mol. The zero-order valence-electron chi connectivity index (χ0n) is 11.5. The fourth-order valence-corrected chi connectivity index (χ4v) is 2.49. The van der Waals surface area contributed by atoms with Crippen LogP contribution in [0.15, 0.2) is 4.99 Å². The van der Waals surface area contributed by atoms with Gasteiger partial charge in [-0.15, -0.1) is 5.54 Å². The lowest BCUT2D eigenvalue weighted by Crippen LogP contribution is -2.31. The summed E-state index contributed by atoms with van der Waals surface area (Å²) in [5, 5.41) is 0. The van der Waals surface area contributed by atoms with Crippen LogP contribution in [-0.4, -0.2) is 52.2 Å². The third-order valence-corrected chi connectivity index (χ3v) is 3.57. The van der Waals surface area contributed by atoms with E-state index in [4.69, 9.17) is 4.74 Å². The van der Waals surface area contributed by atoms with Crippen LogP contribution in [0.1, 0.15) is 12.8 Å². The van der Waals surface area contributed by atoms with Crippen LogP contribution in [0.4, 0.5) is 0 Å². The van der Waals surface area contributed by atoms with Crippen LogP contribution in [-0.2, 0) is 4.74 Å². The van der Waals surface area contributed by atoms with Gasteiger partial charge in [-0.25, -0.2) is 0 Å². The Morgan fingerprint density at radius 1 is 1.47 bits per heavy atom. The van der Waals surface area contributed by atoms with Crippen molar-refractivity contribution in [3.63, 3.8) is 0 Å². The van der Waals surface area contributed by atoms with Crippen LogP contribution in [0.5, 0.6) is 0 Å². The molecule has 1 rings (SSSR count). The molecule has 1 fully saturated rings. The van der Waals surface area contributed by atoms with Crippen molar-refractivity contribution in [1.82, 2.24) is 4.90 Å². The van der Waals surface area contributed by atoms with Gasteiger partial charge >= 0.3 is 0 Å². The minimum atomic E-state index is -1.23. The SMILES string of the molecule is COC[C@@H]1CCCN1C=NCC#C[Si](C)(C)C. The van der Waals surface area contributed by atoms with E-state index in [2.05, 4.69) is 41.0 Å². The van der Waals surface area contributed by atoms with E-state index in [0.29, 0.717) is 12.6 Å². The minimum absolute atomic E-state index is 0.508. The van der Waals surface area contributed by atoms with Crippen LogP contribution < -0.4 is 0 Å². The van der Waals surface area contributed by atoms with Crippen LogP contribution in [0.2, 0.25) is 19.6 Å². The van der Waals surface area contributed by atoms with Gasteiger partial charge in [0.25, 0.3) is 0 Å². The molecule has 1 atom stereocenters. The van der Waals surface area contributed by atoms with Crippen molar-refractivity contribution in [1.29, 1.82) is 0 Å². The molecule has 1 heterocycles. The third-order valence-electron chi connectivity index (χ3n) is 2.65. The lowest BCUT2D eigenvalue weighted by molar-refractivity contribution is 0.147. The Labute approximate surface area is 106 Å². The van der Waals surface area contributed by atoms with Crippen LogP contribution in [0, 0.1) is 11.5 Å². The standard InChI is InChI=1S/C13H24N2OSi/c1-16-11-13-7-5-9-15(13)12-14-8-6-10-17(2,3)4/h12-13H,5,7-9,11H2,1-4H3/t13-/m0/s1. The molecule has 0 unspecified atom stereocenters. The normalized spacial score (nSPS) is 20.7. The van der Waals surface area contributed by atoms with Gasteiger partial charge in [-0.05, 0) is 12.8 Å². The molecule has 4 heteroatoms. The van der Waals surface area contributed by atoms with Crippen molar-refractivity contribution in [3.8, 4) is 11.5 Å². The Hall–Kier alpha value is -0.793. The Balaban J connectivity index is 2.35. The monoisotopic (exact) mass is 252 g/mol. The molecule has 0 aromatic rings. The van der Waals surface area contributed by atoms with Gasteiger partial charge in [-0.3, -0.25) is 4.99 Å². The fourth-order valence-electron chi connectivity index (χ4n) is 1.88. The van der Waals surface area contributed by atoms with E-state index in [1.165, 1.54) is 12.8 Å². The summed E-state index contributed by atoms with van der Waals surface area (Å²) in [6.07, 6.45) is 4.40. The molecule has 96 valence electrons. The number of hydrogen-bond acceptors (Lipinski definition) is 2. The summed E-state index contributed by atoms with van der Waals surface area (Å²) in [6, 6.07) is 0.508. The van der Waals surface area contributed by atoms with Crippen LogP contribution in [0.25, 0.3) is 0 Å². The highest BCUT2D eigenvalue weighted by molar-refractivity contribution is 6.83. The van der Waals surface area contributed by atoms with Gasteiger partial charge < -0.3 is 9.64 Å². The summed E-state index contributed by atoms with van der Waals surface area (Å²) in [7, 11) is 0.524. The van der Waals surface area contributed by atoms with E-state index in [0.717, 1.165) is 13.2 Å². The topological polar surface area (TPSA) is 24.8 Å².